The Labute approximate surface area is 133 Å². The zero-order chi connectivity index (χ0) is 14.0. The molecule has 19 heavy (non-hydrogen) atoms. The normalized spacial score (nSPS) is 10.3. The molecule has 0 radical (unpaired) electrons. The molecule has 3 nitrogen and oxygen atoms in total. The van der Waals surface area contributed by atoms with E-state index in [1.807, 2.05) is 31.2 Å². The lowest BCUT2D eigenvalue weighted by atomic mass is 10.1. The molecule has 0 aliphatic heterocycles. The van der Waals surface area contributed by atoms with Crippen LogP contribution in [0.2, 0.25) is 0 Å². The Morgan fingerprint density at radius 3 is 2.74 bits per heavy atom. The van der Waals surface area contributed by atoms with Crippen LogP contribution in [0.1, 0.15) is 11.1 Å². The van der Waals surface area contributed by atoms with Crippen LogP contribution in [0.4, 0.5) is 11.5 Å². The highest BCUT2D eigenvalue weighted by Gasteiger charge is 2.11. The second kappa shape index (κ2) is 5.98. The summed E-state index contributed by atoms with van der Waals surface area (Å²) in [7, 11) is 0. The summed E-state index contributed by atoms with van der Waals surface area (Å²) in [4.78, 5) is 4.64. The van der Waals surface area contributed by atoms with Crippen molar-refractivity contribution in [2.75, 3.05) is 5.32 Å². The first-order chi connectivity index (χ1) is 8.99. The predicted octanol–water partition coefficient (Wildman–Crippen LogP) is 4.29. The van der Waals surface area contributed by atoms with Gasteiger partial charge in [0, 0.05) is 15.1 Å². The van der Waals surface area contributed by atoms with E-state index in [0.29, 0.717) is 10.8 Å². The standard InChI is InChI=1S/C13H11Br2N3S/c1-7-4-5-17-13(11(7)12(16)19)18-10-6-8(14)2-3-9(10)15/h2-6H,1H3,(H2,16,19)(H,17,18). The number of aryl methyl sites for hydroxylation is 1. The Bertz CT molecular complexity index is 644. The minimum Gasteiger partial charge on any atom is -0.389 e. The van der Waals surface area contributed by atoms with E-state index < -0.39 is 0 Å². The number of pyridine rings is 1. The number of rotatable bonds is 3. The van der Waals surface area contributed by atoms with Gasteiger partial charge in [-0.2, -0.15) is 0 Å². The summed E-state index contributed by atoms with van der Waals surface area (Å²) in [5, 5.41) is 3.25. The average molecular weight is 401 g/mol. The van der Waals surface area contributed by atoms with E-state index in [4.69, 9.17) is 18.0 Å². The van der Waals surface area contributed by atoms with Gasteiger partial charge in [-0.15, -0.1) is 0 Å². The van der Waals surface area contributed by atoms with Crippen molar-refractivity contribution in [2.45, 2.75) is 6.92 Å². The van der Waals surface area contributed by atoms with Gasteiger partial charge < -0.3 is 11.1 Å². The summed E-state index contributed by atoms with van der Waals surface area (Å²) in [6.45, 7) is 1.96. The monoisotopic (exact) mass is 399 g/mol. The fraction of sp³-hybridized carbons (Fsp3) is 0.0769. The zero-order valence-corrected chi connectivity index (χ0v) is 14.1. The number of hydrogen-bond donors (Lipinski definition) is 2. The van der Waals surface area contributed by atoms with E-state index in [1.54, 1.807) is 6.20 Å². The number of nitrogens with two attached hydrogens (primary N) is 1. The topological polar surface area (TPSA) is 50.9 Å². The van der Waals surface area contributed by atoms with Crippen LogP contribution in [0.15, 0.2) is 39.4 Å². The lowest BCUT2D eigenvalue weighted by Gasteiger charge is -2.13. The number of benzene rings is 1. The molecule has 2 aromatic rings. The van der Waals surface area contributed by atoms with Gasteiger partial charge in [0.2, 0.25) is 0 Å². The molecule has 0 atom stereocenters. The van der Waals surface area contributed by atoms with Gasteiger partial charge in [-0.05, 0) is 52.7 Å². The number of anilines is 2. The molecule has 0 aliphatic rings. The van der Waals surface area contributed by atoms with Crippen LogP contribution in [0.3, 0.4) is 0 Å². The highest BCUT2D eigenvalue weighted by Crippen LogP contribution is 2.30. The van der Waals surface area contributed by atoms with Crippen molar-refractivity contribution in [2.24, 2.45) is 5.73 Å². The Morgan fingerprint density at radius 2 is 2.05 bits per heavy atom. The van der Waals surface area contributed by atoms with Crippen LogP contribution in [0, 0.1) is 6.92 Å². The highest BCUT2D eigenvalue weighted by atomic mass is 79.9. The maximum Gasteiger partial charge on any atom is 0.140 e. The van der Waals surface area contributed by atoms with Crippen molar-refractivity contribution >= 4 is 60.6 Å². The summed E-state index contributed by atoms with van der Waals surface area (Å²) in [6, 6.07) is 7.74. The van der Waals surface area contributed by atoms with E-state index in [-0.39, 0.29) is 0 Å². The smallest absolute Gasteiger partial charge is 0.140 e. The van der Waals surface area contributed by atoms with Gasteiger partial charge >= 0.3 is 0 Å². The molecule has 1 aromatic carbocycles. The minimum absolute atomic E-state index is 0.333. The highest BCUT2D eigenvalue weighted by molar-refractivity contribution is 9.11. The number of nitrogens with zero attached hydrogens (tertiary/aromatic N) is 1. The molecule has 0 fully saturated rings. The minimum atomic E-state index is 0.333. The van der Waals surface area contributed by atoms with E-state index in [1.165, 1.54) is 0 Å². The van der Waals surface area contributed by atoms with E-state index in [9.17, 15) is 0 Å². The number of nitrogens with one attached hydrogen (secondary N) is 1. The van der Waals surface area contributed by atoms with Crippen LogP contribution in [-0.4, -0.2) is 9.97 Å². The molecule has 0 saturated carbocycles. The van der Waals surface area contributed by atoms with Crippen molar-refractivity contribution in [3.63, 3.8) is 0 Å². The lowest BCUT2D eigenvalue weighted by molar-refractivity contribution is 1.25. The second-order valence-corrected chi connectivity index (χ2v) is 6.17. The first-order valence-corrected chi connectivity index (χ1v) is 7.46. The SMILES string of the molecule is Cc1ccnc(Nc2cc(Br)ccc2Br)c1C(N)=S. The Morgan fingerprint density at radius 1 is 1.32 bits per heavy atom. The number of aromatic nitrogens is 1. The third kappa shape index (κ3) is 3.32. The van der Waals surface area contributed by atoms with E-state index in [2.05, 4.69) is 42.2 Å². The summed E-state index contributed by atoms with van der Waals surface area (Å²) >= 11 is 12.0. The molecule has 98 valence electrons. The fourth-order valence-corrected chi connectivity index (χ4v) is 2.65. The lowest BCUT2D eigenvalue weighted by Crippen LogP contribution is -2.14. The quantitative estimate of drug-likeness (QED) is 0.754. The Hall–Kier alpha value is -0.980. The number of hydrogen-bond acceptors (Lipinski definition) is 3. The third-order valence-corrected chi connectivity index (χ3v) is 3.98. The molecule has 0 aliphatic carbocycles. The van der Waals surface area contributed by atoms with Crippen LogP contribution in [0.5, 0.6) is 0 Å². The van der Waals surface area contributed by atoms with Gasteiger partial charge in [0.1, 0.15) is 10.8 Å². The second-order valence-electron chi connectivity index (χ2n) is 3.96. The maximum atomic E-state index is 5.77. The predicted molar refractivity (Wildman–Crippen MR) is 90.0 cm³/mol. The van der Waals surface area contributed by atoms with Crippen LogP contribution in [-0.2, 0) is 0 Å². The van der Waals surface area contributed by atoms with Crippen molar-refractivity contribution in [3.8, 4) is 0 Å². The molecule has 1 heterocycles. The summed E-state index contributed by atoms with van der Waals surface area (Å²) < 4.78 is 1.91. The van der Waals surface area contributed by atoms with E-state index >= 15 is 0 Å². The number of halogens is 2. The largest absolute Gasteiger partial charge is 0.389 e. The molecule has 1 aromatic heterocycles. The van der Waals surface area contributed by atoms with Crippen molar-refractivity contribution < 1.29 is 0 Å². The molecular weight excluding hydrogens is 390 g/mol. The Balaban J connectivity index is 2.46. The van der Waals surface area contributed by atoms with Crippen LogP contribution >= 0.6 is 44.1 Å². The molecular formula is C13H11Br2N3S. The molecule has 6 heteroatoms. The molecule has 0 amide bonds. The maximum absolute atomic E-state index is 5.77. The summed E-state index contributed by atoms with van der Waals surface area (Å²) in [5.74, 6) is 0.659. The van der Waals surface area contributed by atoms with Gasteiger partial charge in [-0.3, -0.25) is 0 Å². The first kappa shape index (κ1) is 14.4. The third-order valence-electron chi connectivity index (χ3n) is 2.59. The summed E-state index contributed by atoms with van der Waals surface area (Å²) in [6.07, 6.45) is 1.73. The van der Waals surface area contributed by atoms with Gasteiger partial charge in [-0.1, -0.05) is 28.1 Å². The van der Waals surface area contributed by atoms with Crippen molar-refractivity contribution in [1.29, 1.82) is 0 Å². The van der Waals surface area contributed by atoms with Crippen LogP contribution < -0.4 is 11.1 Å². The molecule has 0 spiro atoms. The first-order valence-electron chi connectivity index (χ1n) is 5.46. The molecule has 3 N–H and O–H groups in total. The van der Waals surface area contributed by atoms with Crippen molar-refractivity contribution in [1.82, 2.24) is 4.98 Å². The molecule has 0 saturated heterocycles. The average Bonchev–Trinajstić information content (AvgIpc) is 2.33. The van der Waals surface area contributed by atoms with Crippen LogP contribution in [0.25, 0.3) is 0 Å². The molecule has 0 unspecified atom stereocenters. The summed E-state index contributed by atoms with van der Waals surface area (Å²) in [5.41, 5.74) is 8.43. The van der Waals surface area contributed by atoms with Gasteiger partial charge in [0.15, 0.2) is 0 Å². The molecule has 0 bridgehead atoms. The zero-order valence-electron chi connectivity index (χ0n) is 10.1. The molecule has 2 rings (SSSR count). The van der Waals surface area contributed by atoms with Gasteiger partial charge in [0.05, 0.1) is 11.3 Å². The van der Waals surface area contributed by atoms with Gasteiger partial charge in [0.25, 0.3) is 0 Å². The fourth-order valence-electron chi connectivity index (χ4n) is 1.68. The van der Waals surface area contributed by atoms with Crippen molar-refractivity contribution in [3.05, 3.63) is 50.5 Å². The Kier molecular flexibility index (Phi) is 4.54. The van der Waals surface area contributed by atoms with Gasteiger partial charge in [-0.25, -0.2) is 4.98 Å². The number of thiocarbonyl (C=S) groups is 1. The van der Waals surface area contributed by atoms with E-state index in [0.717, 1.165) is 25.8 Å².